The molecule has 2 aromatic carbocycles. The molecular formula is C15H15AsBrNO7. The zero-order valence-electron chi connectivity index (χ0n) is 12.9. The molecule has 0 saturated carbocycles. The van der Waals surface area contributed by atoms with E-state index < -0.39 is 20.1 Å². The molecule has 4 N–H and O–H groups in total. The van der Waals surface area contributed by atoms with Gasteiger partial charge in [0, 0.05) is 4.47 Å². The Morgan fingerprint density at radius 1 is 1.12 bits per heavy atom. The number of carboxylic acids is 1. The van der Waals surface area contributed by atoms with Gasteiger partial charge in [-0.3, -0.25) is 0 Å². The first-order valence-corrected chi connectivity index (χ1v) is 10.8. The molecule has 1 atom stereocenters. The Labute approximate surface area is 154 Å². The van der Waals surface area contributed by atoms with Crippen LogP contribution in [-0.4, -0.2) is 40.5 Å². The second-order valence-electron chi connectivity index (χ2n) is 4.61. The number of anilines is 1. The summed E-state index contributed by atoms with van der Waals surface area (Å²) < 4.78 is 25.0. The predicted octanol–water partition coefficient (Wildman–Crippen LogP) is 1.85. The molecule has 2 aromatic rings. The Kier molecular flexibility index (Phi) is 8.07. The summed E-state index contributed by atoms with van der Waals surface area (Å²) in [4.78, 5) is 21.1. The normalized spacial score (nSPS) is 12.3. The molecule has 0 saturated heterocycles. The van der Waals surface area contributed by atoms with Gasteiger partial charge in [0.2, 0.25) is 0 Å². The molecule has 1 amide bonds. The summed E-state index contributed by atoms with van der Waals surface area (Å²) in [6.45, 7) is 1.27. The number of hydrogen-bond donors (Lipinski definition) is 4. The monoisotopic (exact) mass is 475 g/mol. The van der Waals surface area contributed by atoms with Crippen molar-refractivity contribution in [1.82, 2.24) is 0 Å². The van der Waals surface area contributed by atoms with E-state index in [2.05, 4.69) is 25.1 Å². The Bertz CT molecular complexity index is 795. The number of rotatable bonds is 4. The van der Waals surface area contributed by atoms with E-state index in [0.717, 1.165) is 4.47 Å². The smallest absolute Gasteiger partial charge is 0.335 e. The molecule has 2 rings (SSSR count). The van der Waals surface area contributed by atoms with E-state index in [9.17, 15) is 17.4 Å². The van der Waals surface area contributed by atoms with E-state index in [1.54, 1.807) is 30.3 Å². The average molecular weight is 476 g/mol. The first kappa shape index (κ1) is 21.1. The second kappa shape index (κ2) is 9.55. The van der Waals surface area contributed by atoms with Gasteiger partial charge in [-0.05, 0) is 24.3 Å². The Hall–Kier alpha value is -1.90. The number of para-hydroxylation sites is 1. The minimum absolute atomic E-state index is 0.103. The third-order valence-electron chi connectivity index (χ3n) is 2.72. The maximum Gasteiger partial charge on any atom is 0.335 e. The molecule has 134 valence electrons. The minimum Gasteiger partial charge on any atom is -0.478 e. The van der Waals surface area contributed by atoms with E-state index in [1.807, 2.05) is 0 Å². The fourth-order valence-corrected chi connectivity index (χ4v) is 3.59. The second-order valence-corrected chi connectivity index (χ2v) is 9.07. The summed E-state index contributed by atoms with van der Waals surface area (Å²) in [5, 5.41) is 19.1. The van der Waals surface area contributed by atoms with Gasteiger partial charge in [-0.2, -0.15) is 0 Å². The van der Waals surface area contributed by atoms with Crippen molar-refractivity contribution in [2.75, 3.05) is 5.32 Å². The number of benzene rings is 2. The molecule has 8 nitrogen and oxygen atoms in total. The summed E-state index contributed by atoms with van der Waals surface area (Å²) in [7, 11) is 0. The van der Waals surface area contributed by atoms with E-state index >= 15 is 0 Å². The van der Waals surface area contributed by atoms with Crippen LogP contribution in [0.1, 0.15) is 17.3 Å². The summed E-state index contributed by atoms with van der Waals surface area (Å²) in [6, 6.07) is 12.3. The van der Waals surface area contributed by atoms with Gasteiger partial charge in [-0.1, -0.05) is 15.9 Å². The number of halogens is 1. The van der Waals surface area contributed by atoms with Gasteiger partial charge in [-0.15, -0.1) is 0 Å². The zero-order valence-corrected chi connectivity index (χ0v) is 16.4. The molecule has 25 heavy (non-hydrogen) atoms. The summed E-state index contributed by atoms with van der Waals surface area (Å²) in [6.07, 6.45) is 0. The van der Waals surface area contributed by atoms with Crippen molar-refractivity contribution in [2.24, 2.45) is 0 Å². The van der Waals surface area contributed by atoms with Crippen LogP contribution in [-0.2, 0) is 12.4 Å². The number of hydrogen-bond acceptors (Lipinski definition) is 5. The summed E-state index contributed by atoms with van der Waals surface area (Å²) in [5.74, 6) is -1.27. The number of carbonyl (C=O) groups excluding carboxylic acids is 1. The molecule has 0 aliphatic carbocycles. The third kappa shape index (κ3) is 6.85. The van der Waals surface area contributed by atoms with Gasteiger partial charge in [0.05, 0.1) is 5.56 Å². The van der Waals surface area contributed by atoms with Crippen LogP contribution in [0.25, 0.3) is 0 Å². The van der Waals surface area contributed by atoms with Crippen LogP contribution in [0.4, 0.5) is 5.69 Å². The predicted molar refractivity (Wildman–Crippen MR) is 93.9 cm³/mol. The van der Waals surface area contributed by atoms with Gasteiger partial charge in [0.1, 0.15) is 0 Å². The Morgan fingerprint density at radius 3 is 2.16 bits per heavy atom. The minimum atomic E-state index is -4.92. The number of aromatic carboxylic acids is 1. The number of nitrogens with one attached hydrogen (secondary N) is 1. The number of carboxylic acid groups (broad SMARTS) is 1. The number of carbonyl (C=O) groups is 2. The van der Waals surface area contributed by atoms with Gasteiger partial charge < -0.3 is 5.11 Å². The van der Waals surface area contributed by atoms with Crippen LogP contribution in [0, 0.1) is 0 Å². The molecule has 10 heteroatoms. The molecule has 0 aliphatic rings. The average Bonchev–Trinajstić information content (AvgIpc) is 2.55. The van der Waals surface area contributed by atoms with Crippen LogP contribution in [0.15, 0.2) is 53.0 Å². The van der Waals surface area contributed by atoms with Gasteiger partial charge in [0.25, 0.3) is 0 Å². The van der Waals surface area contributed by atoms with Crippen molar-refractivity contribution in [3.05, 3.63) is 58.6 Å². The first-order chi connectivity index (χ1) is 11.7. The topological polar surface area (TPSA) is 133 Å². The SMILES string of the molecule is CC(=O)Nc1ccccc1[As](=O)(O)OO.O=C(O)c1ccc(Br)cc1. The van der Waals surface area contributed by atoms with Crippen molar-refractivity contribution in [2.45, 2.75) is 6.92 Å². The quantitative estimate of drug-likeness (QED) is 0.301. The molecule has 1 unspecified atom stereocenters. The van der Waals surface area contributed by atoms with Gasteiger partial charge in [0.15, 0.2) is 0 Å². The molecule has 0 heterocycles. The molecule has 0 bridgehead atoms. The van der Waals surface area contributed by atoms with Gasteiger partial charge in [-0.25, -0.2) is 4.79 Å². The summed E-state index contributed by atoms with van der Waals surface area (Å²) >= 11 is -1.72. The standard InChI is InChI=1S/C8H10AsNO5.C7H5BrO2/c1-6(11)10-8-5-3-2-4-7(8)9(12,13)15-14;8-6-3-1-5(2-4-6)7(9)10/h2-5,14H,1H3,(H,10,11)(H,12,13);1-4H,(H,9,10). The van der Waals surface area contributed by atoms with Crippen LogP contribution < -0.4 is 9.67 Å². The van der Waals surface area contributed by atoms with E-state index in [4.69, 9.17) is 10.4 Å². The van der Waals surface area contributed by atoms with Crippen molar-refractivity contribution in [3.63, 3.8) is 0 Å². The van der Waals surface area contributed by atoms with Crippen molar-refractivity contribution < 1.29 is 31.7 Å². The van der Waals surface area contributed by atoms with Gasteiger partial charge >= 0.3 is 94.4 Å². The Morgan fingerprint density at radius 2 is 1.68 bits per heavy atom. The third-order valence-corrected chi connectivity index (χ3v) is 5.81. The summed E-state index contributed by atoms with van der Waals surface area (Å²) in [5.41, 5.74) is 0.465. The van der Waals surface area contributed by atoms with Crippen LogP contribution >= 0.6 is 15.9 Å². The van der Waals surface area contributed by atoms with E-state index in [1.165, 1.54) is 25.1 Å². The maximum atomic E-state index is 11.4. The van der Waals surface area contributed by atoms with Crippen LogP contribution in [0.3, 0.4) is 0 Å². The maximum absolute atomic E-state index is 11.4. The largest absolute Gasteiger partial charge is 0.478 e. The van der Waals surface area contributed by atoms with Crippen LogP contribution in [0.5, 0.6) is 0 Å². The molecule has 0 aromatic heterocycles. The molecule has 0 fully saturated rings. The van der Waals surface area contributed by atoms with E-state index in [0.29, 0.717) is 5.56 Å². The first-order valence-electron chi connectivity index (χ1n) is 6.69. The van der Waals surface area contributed by atoms with Crippen molar-refractivity contribution >= 4 is 52.0 Å². The number of amides is 1. The molecule has 0 aliphatic heterocycles. The van der Waals surface area contributed by atoms with Crippen molar-refractivity contribution in [3.8, 4) is 0 Å². The Balaban J connectivity index is 0.000000271. The fraction of sp³-hybridized carbons (Fsp3) is 0.0667. The molecule has 0 spiro atoms. The molecular weight excluding hydrogens is 461 g/mol. The van der Waals surface area contributed by atoms with E-state index in [-0.39, 0.29) is 15.9 Å². The molecule has 0 radical (unpaired) electrons. The van der Waals surface area contributed by atoms with Crippen molar-refractivity contribution in [1.29, 1.82) is 0 Å². The van der Waals surface area contributed by atoms with Crippen LogP contribution in [0.2, 0.25) is 0 Å². The fourth-order valence-electron chi connectivity index (χ4n) is 1.65. The zero-order chi connectivity index (χ0) is 19.0.